The van der Waals surface area contributed by atoms with E-state index in [0.717, 1.165) is 12.1 Å². The minimum absolute atomic E-state index is 0.188. The molecule has 7 nitrogen and oxygen atoms in total. The Morgan fingerprint density at radius 1 is 0.968 bits per heavy atom. The fourth-order valence-electron chi connectivity index (χ4n) is 2.48. The topological polar surface area (TPSA) is 93.7 Å². The predicted molar refractivity (Wildman–Crippen MR) is 105 cm³/mol. The van der Waals surface area contributed by atoms with Gasteiger partial charge in [-0.3, -0.25) is 9.59 Å². The van der Waals surface area contributed by atoms with Crippen LogP contribution in [0.1, 0.15) is 24.2 Å². The van der Waals surface area contributed by atoms with E-state index >= 15 is 0 Å². The second-order valence-corrected chi connectivity index (χ2v) is 6.79. The van der Waals surface area contributed by atoms with Crippen LogP contribution in [0.15, 0.2) is 54.6 Å². The first-order valence-electron chi connectivity index (χ1n) is 9.23. The molecule has 0 aliphatic heterocycles. The standard InChI is InChI=1S/C21H21F3N2O5/c1-13(2)18(26-19(28)14-6-4-3-5-7-14)20(29)30-12-17(27)25-15-8-10-16(11-9-15)31-21(22,23)24/h3-11,13,18H,12H2,1-2H3,(H,25,27)(H,26,28). The number of anilines is 1. The molecule has 166 valence electrons. The van der Waals surface area contributed by atoms with E-state index < -0.39 is 42.5 Å². The first-order chi connectivity index (χ1) is 14.5. The summed E-state index contributed by atoms with van der Waals surface area (Å²) in [5.41, 5.74) is 0.560. The van der Waals surface area contributed by atoms with E-state index in [4.69, 9.17) is 4.74 Å². The van der Waals surface area contributed by atoms with Crippen molar-refractivity contribution < 1.29 is 37.0 Å². The number of rotatable bonds is 8. The maximum absolute atomic E-state index is 12.3. The number of ether oxygens (including phenoxy) is 2. The van der Waals surface area contributed by atoms with Crippen LogP contribution in [0.5, 0.6) is 5.75 Å². The van der Waals surface area contributed by atoms with Crippen LogP contribution in [0.3, 0.4) is 0 Å². The highest BCUT2D eigenvalue weighted by atomic mass is 19.4. The van der Waals surface area contributed by atoms with E-state index in [1.165, 1.54) is 12.1 Å². The smallest absolute Gasteiger partial charge is 0.454 e. The normalized spacial score (nSPS) is 12.1. The average Bonchev–Trinajstić information content (AvgIpc) is 2.71. The zero-order valence-corrected chi connectivity index (χ0v) is 16.7. The molecule has 31 heavy (non-hydrogen) atoms. The molecule has 0 aliphatic carbocycles. The lowest BCUT2D eigenvalue weighted by Crippen LogP contribution is -2.45. The molecule has 0 saturated carbocycles. The van der Waals surface area contributed by atoms with Crippen molar-refractivity contribution in [2.24, 2.45) is 5.92 Å². The van der Waals surface area contributed by atoms with Crippen molar-refractivity contribution in [3.8, 4) is 5.75 Å². The summed E-state index contributed by atoms with van der Waals surface area (Å²) in [7, 11) is 0. The summed E-state index contributed by atoms with van der Waals surface area (Å²) in [6.07, 6.45) is -4.82. The van der Waals surface area contributed by atoms with Gasteiger partial charge in [0, 0.05) is 11.3 Å². The third kappa shape index (κ3) is 8.00. The third-order valence-electron chi connectivity index (χ3n) is 3.96. The zero-order valence-electron chi connectivity index (χ0n) is 16.7. The lowest BCUT2D eigenvalue weighted by molar-refractivity contribution is -0.274. The molecule has 2 aromatic carbocycles. The summed E-state index contributed by atoms with van der Waals surface area (Å²) in [5.74, 6) is -2.68. The molecule has 0 fully saturated rings. The Morgan fingerprint density at radius 3 is 2.13 bits per heavy atom. The Morgan fingerprint density at radius 2 is 1.58 bits per heavy atom. The van der Waals surface area contributed by atoms with Crippen molar-refractivity contribution in [3.63, 3.8) is 0 Å². The SMILES string of the molecule is CC(C)C(NC(=O)c1ccccc1)C(=O)OCC(=O)Nc1ccc(OC(F)(F)F)cc1. The van der Waals surface area contributed by atoms with Crippen LogP contribution in [0.4, 0.5) is 18.9 Å². The summed E-state index contributed by atoms with van der Waals surface area (Å²) < 4.78 is 45.2. The number of nitrogens with one attached hydrogen (secondary N) is 2. The van der Waals surface area contributed by atoms with Crippen molar-refractivity contribution in [3.05, 3.63) is 60.2 Å². The van der Waals surface area contributed by atoms with Crippen LogP contribution in [-0.2, 0) is 14.3 Å². The Bertz CT molecular complexity index is 899. The zero-order chi connectivity index (χ0) is 23.0. The van der Waals surface area contributed by atoms with Crippen LogP contribution >= 0.6 is 0 Å². The van der Waals surface area contributed by atoms with Gasteiger partial charge in [-0.1, -0.05) is 32.0 Å². The number of alkyl halides is 3. The number of esters is 1. The molecular formula is C21H21F3N2O5. The number of carbonyl (C=O) groups excluding carboxylic acids is 3. The van der Waals surface area contributed by atoms with Gasteiger partial charge in [-0.25, -0.2) is 4.79 Å². The van der Waals surface area contributed by atoms with Gasteiger partial charge in [0.1, 0.15) is 11.8 Å². The molecule has 0 radical (unpaired) electrons. The second kappa shape index (κ2) is 10.5. The summed E-state index contributed by atoms with van der Waals surface area (Å²) >= 11 is 0. The van der Waals surface area contributed by atoms with E-state index in [1.807, 2.05) is 0 Å². The van der Waals surface area contributed by atoms with E-state index in [-0.39, 0.29) is 11.6 Å². The van der Waals surface area contributed by atoms with Crippen molar-refractivity contribution in [2.45, 2.75) is 26.3 Å². The van der Waals surface area contributed by atoms with Gasteiger partial charge in [-0.2, -0.15) is 0 Å². The molecule has 1 atom stereocenters. The first-order valence-corrected chi connectivity index (χ1v) is 9.23. The Balaban J connectivity index is 1.87. The fourth-order valence-corrected chi connectivity index (χ4v) is 2.48. The highest BCUT2D eigenvalue weighted by Gasteiger charge is 2.31. The molecule has 1 unspecified atom stereocenters. The largest absolute Gasteiger partial charge is 0.573 e. The van der Waals surface area contributed by atoms with E-state index in [0.29, 0.717) is 5.56 Å². The number of hydrogen-bond acceptors (Lipinski definition) is 5. The van der Waals surface area contributed by atoms with Gasteiger partial charge < -0.3 is 20.1 Å². The molecule has 0 bridgehead atoms. The summed E-state index contributed by atoms with van der Waals surface area (Å²) in [4.78, 5) is 36.6. The van der Waals surface area contributed by atoms with Gasteiger partial charge in [-0.05, 0) is 42.3 Å². The highest BCUT2D eigenvalue weighted by Crippen LogP contribution is 2.23. The first kappa shape index (κ1) is 23.7. The summed E-state index contributed by atoms with van der Waals surface area (Å²) in [6.45, 7) is 2.79. The van der Waals surface area contributed by atoms with Crippen LogP contribution in [0.2, 0.25) is 0 Å². The maximum Gasteiger partial charge on any atom is 0.573 e. The Hall–Kier alpha value is -3.56. The number of hydrogen-bond donors (Lipinski definition) is 2. The van der Waals surface area contributed by atoms with Gasteiger partial charge >= 0.3 is 12.3 Å². The van der Waals surface area contributed by atoms with Crippen molar-refractivity contribution in [1.29, 1.82) is 0 Å². The molecule has 0 spiro atoms. The highest BCUT2D eigenvalue weighted by molar-refractivity contribution is 5.97. The van der Waals surface area contributed by atoms with Crippen molar-refractivity contribution in [2.75, 3.05) is 11.9 Å². The number of amides is 2. The minimum Gasteiger partial charge on any atom is -0.454 e. The quantitative estimate of drug-likeness (QED) is 0.615. The molecule has 2 rings (SSSR count). The second-order valence-electron chi connectivity index (χ2n) is 6.79. The minimum atomic E-state index is -4.82. The van der Waals surface area contributed by atoms with Gasteiger partial charge in [0.2, 0.25) is 0 Å². The maximum atomic E-state index is 12.3. The van der Waals surface area contributed by atoms with Crippen molar-refractivity contribution >= 4 is 23.5 Å². The predicted octanol–water partition coefficient (Wildman–Crippen LogP) is 3.52. The lowest BCUT2D eigenvalue weighted by Gasteiger charge is -2.20. The van der Waals surface area contributed by atoms with Gasteiger partial charge in [-0.15, -0.1) is 13.2 Å². The lowest BCUT2D eigenvalue weighted by atomic mass is 10.0. The van der Waals surface area contributed by atoms with Crippen LogP contribution < -0.4 is 15.4 Å². The molecular weight excluding hydrogens is 417 g/mol. The van der Waals surface area contributed by atoms with E-state index in [2.05, 4.69) is 15.4 Å². The molecule has 0 heterocycles. The van der Waals surface area contributed by atoms with Crippen molar-refractivity contribution in [1.82, 2.24) is 5.32 Å². The van der Waals surface area contributed by atoms with Gasteiger partial charge in [0.25, 0.3) is 11.8 Å². The Kier molecular flexibility index (Phi) is 8.00. The number of halogens is 3. The molecule has 0 aliphatic rings. The average molecular weight is 438 g/mol. The van der Waals surface area contributed by atoms with Crippen LogP contribution in [-0.4, -0.2) is 36.8 Å². The van der Waals surface area contributed by atoms with Gasteiger partial charge in [0.15, 0.2) is 6.61 Å². The summed E-state index contributed by atoms with van der Waals surface area (Å²) in [5, 5.41) is 4.96. The molecule has 2 N–H and O–H groups in total. The Labute approximate surface area is 176 Å². The fraction of sp³-hybridized carbons (Fsp3) is 0.286. The monoisotopic (exact) mass is 438 g/mol. The van der Waals surface area contributed by atoms with E-state index in [1.54, 1.807) is 44.2 Å². The van der Waals surface area contributed by atoms with E-state index in [9.17, 15) is 27.6 Å². The van der Waals surface area contributed by atoms with Crippen LogP contribution in [0.25, 0.3) is 0 Å². The number of carbonyl (C=O) groups is 3. The molecule has 0 saturated heterocycles. The molecule has 2 amide bonds. The summed E-state index contributed by atoms with van der Waals surface area (Å²) in [6, 6.07) is 11.8. The molecule has 0 aromatic heterocycles. The molecule has 10 heteroatoms. The number of benzene rings is 2. The third-order valence-corrected chi connectivity index (χ3v) is 3.96. The van der Waals surface area contributed by atoms with Crippen LogP contribution in [0, 0.1) is 5.92 Å². The molecule has 2 aromatic rings. The van der Waals surface area contributed by atoms with Gasteiger partial charge in [0.05, 0.1) is 0 Å².